The highest BCUT2D eigenvalue weighted by atomic mass is 16.5. The van der Waals surface area contributed by atoms with E-state index in [0.29, 0.717) is 28.7 Å². The number of methoxy groups -OCH3 is 1. The Morgan fingerprint density at radius 2 is 1.75 bits per heavy atom. The minimum Gasteiger partial charge on any atom is -0.497 e. The second kappa shape index (κ2) is 10.1. The molecule has 0 N–H and O–H groups in total. The Kier molecular flexibility index (Phi) is 7.30. The Labute approximate surface area is 185 Å². The molecule has 0 unspecified atom stereocenters. The number of rotatable bonds is 8. The standard InChI is InChI=1S/C25H26O7/c1-15(2)30-23(26)10-7-18-13-20-16(3)11-24(27)32-22(20)14-21(18)31-25(28)12-17-5-8-19(29-4)9-6-17/h5-6,8-9,11,13-15H,7,10,12H2,1-4H3. The van der Waals surface area contributed by atoms with Crippen LogP contribution in [0, 0.1) is 6.92 Å². The van der Waals surface area contributed by atoms with Crippen molar-refractivity contribution in [2.24, 2.45) is 0 Å². The van der Waals surface area contributed by atoms with Crippen LogP contribution < -0.4 is 15.1 Å². The van der Waals surface area contributed by atoms with Crippen molar-refractivity contribution in [2.45, 2.75) is 46.1 Å². The van der Waals surface area contributed by atoms with Crippen LogP contribution in [0.4, 0.5) is 0 Å². The molecular formula is C25H26O7. The number of hydrogen-bond acceptors (Lipinski definition) is 7. The third-order valence-corrected chi connectivity index (χ3v) is 4.83. The van der Waals surface area contributed by atoms with Crippen LogP contribution >= 0.6 is 0 Å². The summed E-state index contributed by atoms with van der Waals surface area (Å²) in [6, 6.07) is 11.8. The Balaban J connectivity index is 1.86. The van der Waals surface area contributed by atoms with Gasteiger partial charge in [0.2, 0.25) is 0 Å². The molecule has 1 aromatic heterocycles. The van der Waals surface area contributed by atoms with Gasteiger partial charge in [0.05, 0.1) is 19.6 Å². The van der Waals surface area contributed by atoms with Crippen molar-refractivity contribution < 1.29 is 28.2 Å². The summed E-state index contributed by atoms with van der Waals surface area (Å²) in [7, 11) is 1.57. The molecule has 7 heteroatoms. The van der Waals surface area contributed by atoms with E-state index in [-0.39, 0.29) is 30.7 Å². The van der Waals surface area contributed by atoms with Crippen molar-refractivity contribution in [2.75, 3.05) is 7.11 Å². The Morgan fingerprint density at radius 3 is 2.41 bits per heavy atom. The highest BCUT2D eigenvalue weighted by molar-refractivity contribution is 5.84. The molecule has 0 aliphatic heterocycles. The van der Waals surface area contributed by atoms with Gasteiger partial charge in [0.1, 0.15) is 17.1 Å². The van der Waals surface area contributed by atoms with Gasteiger partial charge in [-0.15, -0.1) is 0 Å². The predicted molar refractivity (Wildman–Crippen MR) is 119 cm³/mol. The van der Waals surface area contributed by atoms with E-state index >= 15 is 0 Å². The number of benzene rings is 2. The molecule has 168 valence electrons. The van der Waals surface area contributed by atoms with E-state index in [2.05, 4.69) is 0 Å². The van der Waals surface area contributed by atoms with Crippen LogP contribution in [-0.4, -0.2) is 25.2 Å². The van der Waals surface area contributed by atoms with Crippen molar-refractivity contribution in [3.8, 4) is 11.5 Å². The Bertz CT molecular complexity index is 1170. The van der Waals surface area contributed by atoms with Crippen molar-refractivity contribution in [1.29, 1.82) is 0 Å². The van der Waals surface area contributed by atoms with Gasteiger partial charge >= 0.3 is 17.6 Å². The first-order valence-corrected chi connectivity index (χ1v) is 10.4. The van der Waals surface area contributed by atoms with Gasteiger partial charge < -0.3 is 18.6 Å². The van der Waals surface area contributed by atoms with Crippen molar-refractivity contribution in [1.82, 2.24) is 0 Å². The predicted octanol–water partition coefficient (Wildman–Crippen LogP) is 4.14. The molecule has 0 aliphatic rings. The summed E-state index contributed by atoms with van der Waals surface area (Å²) >= 11 is 0. The van der Waals surface area contributed by atoms with Gasteiger partial charge in [-0.05, 0) is 62.1 Å². The molecule has 0 saturated heterocycles. The van der Waals surface area contributed by atoms with Gasteiger partial charge in [0.15, 0.2) is 0 Å². The maximum absolute atomic E-state index is 12.6. The molecule has 1 heterocycles. The molecule has 0 radical (unpaired) electrons. The van der Waals surface area contributed by atoms with Crippen LogP contribution in [0.5, 0.6) is 11.5 Å². The fraction of sp³-hybridized carbons (Fsp3) is 0.320. The minimum absolute atomic E-state index is 0.0502. The lowest BCUT2D eigenvalue weighted by atomic mass is 10.0. The lowest BCUT2D eigenvalue weighted by Crippen LogP contribution is -2.14. The van der Waals surface area contributed by atoms with Gasteiger partial charge in [0, 0.05) is 23.9 Å². The number of aryl methyl sites for hydroxylation is 2. The molecule has 0 atom stereocenters. The molecule has 2 aromatic carbocycles. The Hall–Kier alpha value is -3.61. The number of carbonyl (C=O) groups is 2. The van der Waals surface area contributed by atoms with E-state index in [9.17, 15) is 14.4 Å². The van der Waals surface area contributed by atoms with E-state index < -0.39 is 11.6 Å². The average molecular weight is 438 g/mol. The fourth-order valence-corrected chi connectivity index (χ4v) is 3.31. The summed E-state index contributed by atoms with van der Waals surface area (Å²) in [6.07, 6.45) is 0.278. The zero-order chi connectivity index (χ0) is 23.3. The molecule has 0 amide bonds. The number of hydrogen-bond donors (Lipinski definition) is 0. The number of esters is 2. The molecule has 0 aliphatic carbocycles. The number of ether oxygens (including phenoxy) is 3. The summed E-state index contributed by atoms with van der Waals surface area (Å²) in [5.74, 6) is 0.127. The first-order chi connectivity index (χ1) is 15.2. The fourth-order valence-electron chi connectivity index (χ4n) is 3.31. The van der Waals surface area contributed by atoms with E-state index in [1.165, 1.54) is 12.1 Å². The van der Waals surface area contributed by atoms with Gasteiger partial charge in [0.25, 0.3) is 0 Å². The van der Waals surface area contributed by atoms with Gasteiger partial charge in [-0.1, -0.05) is 12.1 Å². The normalized spacial score (nSPS) is 10.9. The molecule has 0 bridgehead atoms. The molecule has 7 nitrogen and oxygen atoms in total. The number of carbonyl (C=O) groups excluding carboxylic acids is 2. The summed E-state index contributed by atoms with van der Waals surface area (Å²) < 4.78 is 21.2. The maximum Gasteiger partial charge on any atom is 0.336 e. The van der Waals surface area contributed by atoms with Gasteiger partial charge in [-0.2, -0.15) is 0 Å². The maximum atomic E-state index is 12.6. The van der Waals surface area contributed by atoms with Crippen LogP contribution in [0.15, 0.2) is 51.7 Å². The van der Waals surface area contributed by atoms with E-state index in [0.717, 1.165) is 11.1 Å². The molecule has 32 heavy (non-hydrogen) atoms. The summed E-state index contributed by atoms with van der Waals surface area (Å²) in [5, 5.41) is 0.715. The summed E-state index contributed by atoms with van der Waals surface area (Å²) in [6.45, 7) is 5.36. The molecule has 0 spiro atoms. The molecule has 3 aromatic rings. The first kappa shape index (κ1) is 23.1. The molecular weight excluding hydrogens is 412 g/mol. The SMILES string of the molecule is COc1ccc(CC(=O)Oc2cc3oc(=O)cc(C)c3cc2CCC(=O)OC(C)C)cc1. The second-order valence-electron chi connectivity index (χ2n) is 7.74. The van der Waals surface area contributed by atoms with E-state index in [1.807, 2.05) is 0 Å². The van der Waals surface area contributed by atoms with Crippen molar-refractivity contribution >= 4 is 22.9 Å². The average Bonchev–Trinajstić information content (AvgIpc) is 2.72. The third-order valence-electron chi connectivity index (χ3n) is 4.83. The quantitative estimate of drug-likeness (QED) is 0.296. The summed E-state index contributed by atoms with van der Waals surface area (Å²) in [4.78, 5) is 36.4. The largest absolute Gasteiger partial charge is 0.497 e. The molecule has 0 saturated carbocycles. The van der Waals surface area contributed by atoms with Crippen LogP contribution in [0.25, 0.3) is 11.0 Å². The summed E-state index contributed by atoms with van der Waals surface area (Å²) in [5.41, 5.74) is 1.98. The first-order valence-electron chi connectivity index (χ1n) is 10.4. The third kappa shape index (κ3) is 5.97. The smallest absolute Gasteiger partial charge is 0.336 e. The van der Waals surface area contributed by atoms with Crippen molar-refractivity contribution in [3.63, 3.8) is 0 Å². The second-order valence-corrected chi connectivity index (χ2v) is 7.74. The van der Waals surface area contributed by atoms with Crippen LogP contribution in [0.2, 0.25) is 0 Å². The van der Waals surface area contributed by atoms with E-state index in [4.69, 9.17) is 18.6 Å². The number of fused-ring (bicyclic) bond motifs is 1. The lowest BCUT2D eigenvalue weighted by molar-refractivity contribution is -0.147. The zero-order valence-corrected chi connectivity index (χ0v) is 18.6. The molecule has 3 rings (SSSR count). The lowest BCUT2D eigenvalue weighted by Gasteiger charge is -2.13. The van der Waals surface area contributed by atoms with Crippen molar-refractivity contribution in [3.05, 3.63) is 69.6 Å². The van der Waals surface area contributed by atoms with Gasteiger partial charge in [-0.3, -0.25) is 9.59 Å². The topological polar surface area (TPSA) is 92.0 Å². The zero-order valence-electron chi connectivity index (χ0n) is 18.6. The Morgan fingerprint density at radius 1 is 1.03 bits per heavy atom. The highest BCUT2D eigenvalue weighted by Crippen LogP contribution is 2.29. The van der Waals surface area contributed by atoms with Crippen LogP contribution in [0.1, 0.15) is 37.0 Å². The monoisotopic (exact) mass is 438 g/mol. The van der Waals surface area contributed by atoms with E-state index in [1.54, 1.807) is 58.2 Å². The minimum atomic E-state index is -0.487. The van der Waals surface area contributed by atoms with Crippen LogP contribution in [0.3, 0.4) is 0 Å². The van der Waals surface area contributed by atoms with Gasteiger partial charge in [-0.25, -0.2) is 4.79 Å². The highest BCUT2D eigenvalue weighted by Gasteiger charge is 2.16. The van der Waals surface area contributed by atoms with Crippen LogP contribution in [-0.2, 0) is 27.2 Å². The molecule has 0 fully saturated rings.